The second kappa shape index (κ2) is 9.23. The van der Waals surface area contributed by atoms with Crippen molar-refractivity contribution in [3.05, 3.63) is 0 Å². The molecule has 3 nitrogen and oxygen atoms in total. The van der Waals surface area contributed by atoms with Gasteiger partial charge in [0.15, 0.2) is 0 Å². The first-order valence-electron chi connectivity index (χ1n) is 3.47. The molecule has 0 aromatic rings. The summed E-state index contributed by atoms with van der Waals surface area (Å²) < 4.78 is 5.14. The van der Waals surface area contributed by atoms with Crippen molar-refractivity contribution in [2.45, 2.75) is 0 Å². The quantitative estimate of drug-likeness (QED) is 0.505. The van der Waals surface area contributed by atoms with Gasteiger partial charge in [0, 0.05) is 24.6 Å². The number of rotatable bonds is 7. The van der Waals surface area contributed by atoms with Crippen LogP contribution in [0.25, 0.3) is 0 Å². The maximum Gasteiger partial charge on any atom is 0.0589 e. The SMILES string of the molecule is NCCOCCSCCN. The fraction of sp³-hybridized carbons (Fsp3) is 1.00. The van der Waals surface area contributed by atoms with Crippen LogP contribution in [0.15, 0.2) is 0 Å². The Kier molecular flexibility index (Phi) is 9.44. The largest absolute Gasteiger partial charge is 0.379 e. The zero-order valence-corrected chi connectivity index (χ0v) is 7.03. The highest BCUT2D eigenvalue weighted by Crippen LogP contribution is 1.96. The van der Waals surface area contributed by atoms with E-state index in [1.807, 2.05) is 11.8 Å². The Balaban J connectivity index is 2.65. The molecule has 10 heavy (non-hydrogen) atoms. The lowest BCUT2D eigenvalue weighted by molar-refractivity contribution is 0.158. The summed E-state index contributed by atoms with van der Waals surface area (Å²) in [5.41, 5.74) is 10.5. The van der Waals surface area contributed by atoms with Gasteiger partial charge >= 0.3 is 0 Å². The first-order chi connectivity index (χ1) is 4.91. The maximum absolute atomic E-state index is 5.29. The molecular weight excluding hydrogens is 148 g/mol. The van der Waals surface area contributed by atoms with E-state index in [0.717, 1.165) is 24.7 Å². The third kappa shape index (κ3) is 8.23. The number of nitrogens with two attached hydrogens (primary N) is 2. The zero-order valence-electron chi connectivity index (χ0n) is 6.21. The molecule has 0 atom stereocenters. The van der Waals surface area contributed by atoms with Crippen LogP contribution in [0.3, 0.4) is 0 Å². The molecule has 0 heterocycles. The van der Waals surface area contributed by atoms with Gasteiger partial charge in [-0.1, -0.05) is 0 Å². The summed E-state index contributed by atoms with van der Waals surface area (Å²) >= 11 is 1.81. The molecule has 62 valence electrons. The predicted molar refractivity (Wildman–Crippen MR) is 46.3 cm³/mol. The number of thioether (sulfide) groups is 1. The van der Waals surface area contributed by atoms with Crippen LogP contribution in [0.2, 0.25) is 0 Å². The van der Waals surface area contributed by atoms with E-state index in [2.05, 4.69) is 0 Å². The fourth-order valence-corrected chi connectivity index (χ4v) is 1.10. The second-order valence-electron chi connectivity index (χ2n) is 1.80. The third-order valence-corrected chi connectivity index (χ3v) is 1.88. The number of ether oxygens (including phenoxy) is 1. The van der Waals surface area contributed by atoms with E-state index in [9.17, 15) is 0 Å². The fourth-order valence-electron chi connectivity index (χ4n) is 0.489. The van der Waals surface area contributed by atoms with Crippen LogP contribution >= 0.6 is 11.8 Å². The van der Waals surface area contributed by atoms with Gasteiger partial charge in [-0.05, 0) is 0 Å². The van der Waals surface area contributed by atoms with Crippen LogP contribution in [-0.2, 0) is 4.74 Å². The second-order valence-corrected chi connectivity index (χ2v) is 3.03. The predicted octanol–water partition coefficient (Wildman–Crippen LogP) is -0.346. The van der Waals surface area contributed by atoms with E-state index < -0.39 is 0 Å². The van der Waals surface area contributed by atoms with Gasteiger partial charge in [0.2, 0.25) is 0 Å². The molecule has 0 aliphatic rings. The van der Waals surface area contributed by atoms with Crippen LogP contribution in [-0.4, -0.2) is 37.8 Å². The number of hydrogen-bond donors (Lipinski definition) is 2. The molecule has 0 amide bonds. The van der Waals surface area contributed by atoms with Crippen molar-refractivity contribution in [3.63, 3.8) is 0 Å². The molecule has 0 unspecified atom stereocenters. The molecule has 0 saturated carbocycles. The molecule has 4 N–H and O–H groups in total. The standard InChI is InChI=1S/C6H16N2OS/c7-1-3-9-4-6-10-5-2-8/h1-8H2. The van der Waals surface area contributed by atoms with Crippen LogP contribution in [0.1, 0.15) is 0 Å². The van der Waals surface area contributed by atoms with Gasteiger partial charge in [-0.15, -0.1) is 0 Å². The van der Waals surface area contributed by atoms with Gasteiger partial charge in [0.25, 0.3) is 0 Å². The minimum Gasteiger partial charge on any atom is -0.379 e. The Labute approximate surface area is 66.5 Å². The molecule has 4 heteroatoms. The van der Waals surface area contributed by atoms with E-state index in [4.69, 9.17) is 16.2 Å². The van der Waals surface area contributed by atoms with Crippen molar-refractivity contribution in [2.75, 3.05) is 37.8 Å². The monoisotopic (exact) mass is 164 g/mol. The van der Waals surface area contributed by atoms with Crippen molar-refractivity contribution in [3.8, 4) is 0 Å². The molecule has 0 bridgehead atoms. The zero-order chi connectivity index (χ0) is 7.66. The van der Waals surface area contributed by atoms with Gasteiger partial charge in [0.1, 0.15) is 0 Å². The summed E-state index contributed by atoms with van der Waals surface area (Å²) in [6, 6.07) is 0. The molecule has 0 saturated heterocycles. The lowest BCUT2D eigenvalue weighted by Crippen LogP contribution is -2.10. The van der Waals surface area contributed by atoms with Crippen molar-refractivity contribution >= 4 is 11.8 Å². The minimum atomic E-state index is 0.613. The van der Waals surface area contributed by atoms with E-state index >= 15 is 0 Å². The summed E-state index contributed by atoms with van der Waals surface area (Å²) in [5, 5.41) is 0. The molecule has 0 spiro atoms. The Hall–Kier alpha value is 0.230. The Morgan fingerprint density at radius 2 is 1.80 bits per heavy atom. The molecule has 0 aromatic carbocycles. The molecular formula is C6H16N2OS. The van der Waals surface area contributed by atoms with E-state index in [1.165, 1.54) is 0 Å². The van der Waals surface area contributed by atoms with Crippen molar-refractivity contribution < 1.29 is 4.74 Å². The van der Waals surface area contributed by atoms with Crippen molar-refractivity contribution in [1.29, 1.82) is 0 Å². The van der Waals surface area contributed by atoms with Gasteiger partial charge in [-0.3, -0.25) is 0 Å². The van der Waals surface area contributed by atoms with Gasteiger partial charge in [-0.2, -0.15) is 11.8 Å². The molecule has 0 radical (unpaired) electrons. The smallest absolute Gasteiger partial charge is 0.0589 e. The van der Waals surface area contributed by atoms with Crippen LogP contribution in [0.4, 0.5) is 0 Å². The third-order valence-electron chi connectivity index (χ3n) is 0.896. The molecule has 0 aliphatic carbocycles. The highest BCUT2D eigenvalue weighted by molar-refractivity contribution is 7.99. The van der Waals surface area contributed by atoms with Gasteiger partial charge in [-0.25, -0.2) is 0 Å². The summed E-state index contributed by atoms with van der Waals surface area (Å²) in [7, 11) is 0. The van der Waals surface area contributed by atoms with Gasteiger partial charge in [0.05, 0.1) is 13.2 Å². The summed E-state index contributed by atoms with van der Waals surface area (Å²) in [5.74, 6) is 2.04. The lowest BCUT2D eigenvalue weighted by Gasteiger charge is -2.00. The summed E-state index contributed by atoms with van der Waals surface area (Å²) in [6.45, 7) is 2.83. The topological polar surface area (TPSA) is 61.3 Å². The van der Waals surface area contributed by atoms with Crippen LogP contribution in [0, 0.1) is 0 Å². The van der Waals surface area contributed by atoms with Crippen LogP contribution < -0.4 is 11.5 Å². The van der Waals surface area contributed by atoms with E-state index in [0.29, 0.717) is 13.2 Å². The number of hydrogen-bond acceptors (Lipinski definition) is 4. The molecule has 0 rings (SSSR count). The minimum absolute atomic E-state index is 0.613. The van der Waals surface area contributed by atoms with E-state index in [1.54, 1.807) is 0 Å². The molecule has 0 aromatic heterocycles. The van der Waals surface area contributed by atoms with Crippen molar-refractivity contribution in [1.82, 2.24) is 0 Å². The summed E-state index contributed by atoms with van der Waals surface area (Å²) in [6.07, 6.45) is 0. The Morgan fingerprint density at radius 1 is 1.00 bits per heavy atom. The maximum atomic E-state index is 5.29. The van der Waals surface area contributed by atoms with Crippen LogP contribution in [0.5, 0.6) is 0 Å². The van der Waals surface area contributed by atoms with Gasteiger partial charge < -0.3 is 16.2 Å². The molecule has 0 fully saturated rings. The highest BCUT2D eigenvalue weighted by atomic mass is 32.2. The average molecular weight is 164 g/mol. The molecule has 0 aliphatic heterocycles. The highest BCUT2D eigenvalue weighted by Gasteiger charge is 1.86. The normalized spacial score (nSPS) is 10.2. The Bertz CT molecular complexity index is 55.7. The van der Waals surface area contributed by atoms with E-state index in [-0.39, 0.29) is 0 Å². The first kappa shape index (κ1) is 10.2. The lowest BCUT2D eigenvalue weighted by atomic mass is 10.7. The summed E-state index contributed by atoms with van der Waals surface area (Å²) in [4.78, 5) is 0. The first-order valence-corrected chi connectivity index (χ1v) is 4.63. The average Bonchev–Trinajstić information content (AvgIpc) is 1.97. The Morgan fingerprint density at radius 3 is 2.40 bits per heavy atom. The van der Waals surface area contributed by atoms with Crippen molar-refractivity contribution in [2.24, 2.45) is 11.5 Å².